The van der Waals surface area contributed by atoms with Crippen LogP contribution >= 0.6 is 11.6 Å². The second-order valence-corrected chi connectivity index (χ2v) is 7.58. The first-order valence-corrected chi connectivity index (χ1v) is 9.36. The highest BCUT2D eigenvalue weighted by atomic mass is 35.5. The van der Waals surface area contributed by atoms with Gasteiger partial charge in [0.25, 0.3) is 15.9 Å². The number of sulfonamides is 1. The van der Waals surface area contributed by atoms with Crippen LogP contribution in [0.2, 0.25) is 5.02 Å². The summed E-state index contributed by atoms with van der Waals surface area (Å²) in [6.07, 6.45) is -0.360. The zero-order valence-electron chi connectivity index (χ0n) is 13.3. The molecular weight excluding hydrogens is 390 g/mol. The number of fused-ring (bicyclic) bond motifs is 1. The lowest BCUT2D eigenvalue weighted by atomic mass is 10.2. The molecule has 3 rings (SSSR count). The second-order valence-electron chi connectivity index (χ2n) is 5.52. The minimum atomic E-state index is -4.21. The highest BCUT2D eigenvalue weighted by molar-refractivity contribution is 7.92. The Morgan fingerprint density at radius 1 is 1.23 bits per heavy atom. The van der Waals surface area contributed by atoms with Crippen LogP contribution in [-0.2, 0) is 14.8 Å². The van der Waals surface area contributed by atoms with Gasteiger partial charge in [-0.25, -0.2) is 17.2 Å². The van der Waals surface area contributed by atoms with Gasteiger partial charge in [-0.15, -0.1) is 0 Å². The zero-order chi connectivity index (χ0) is 19.1. The molecule has 1 heterocycles. The van der Waals surface area contributed by atoms with Gasteiger partial charge in [-0.05, 0) is 24.6 Å². The summed E-state index contributed by atoms with van der Waals surface area (Å²) < 4.78 is 59.0. The first kappa shape index (κ1) is 18.4. The van der Waals surface area contributed by atoms with E-state index in [-0.39, 0.29) is 32.9 Å². The third-order valence-electron chi connectivity index (χ3n) is 3.69. The number of carbonyl (C=O) groups is 1. The molecule has 2 aromatic rings. The van der Waals surface area contributed by atoms with Crippen molar-refractivity contribution in [3.63, 3.8) is 0 Å². The molecule has 1 aliphatic rings. The smallest absolute Gasteiger partial charge is 0.265 e. The summed E-state index contributed by atoms with van der Waals surface area (Å²) in [6.45, 7) is 1.74. The van der Waals surface area contributed by atoms with E-state index in [1.54, 1.807) is 6.92 Å². The average Bonchev–Trinajstić information content (AvgIpc) is 2.56. The maximum atomic E-state index is 13.3. The molecule has 0 radical (unpaired) electrons. The van der Waals surface area contributed by atoms with Gasteiger partial charge in [0.1, 0.15) is 10.6 Å². The Kier molecular flexibility index (Phi) is 4.76. The van der Waals surface area contributed by atoms with E-state index in [1.165, 1.54) is 12.1 Å². The predicted octanol–water partition coefficient (Wildman–Crippen LogP) is 3.53. The van der Waals surface area contributed by atoms with E-state index in [1.807, 2.05) is 0 Å². The van der Waals surface area contributed by atoms with Crippen molar-refractivity contribution in [3.8, 4) is 5.75 Å². The van der Waals surface area contributed by atoms with E-state index < -0.39 is 27.8 Å². The SMILES string of the molecule is CCC1Oc2cc(S(=O)(=O)Nc3ccc(F)c(F)c3)c(Cl)cc2NC1=O. The third kappa shape index (κ3) is 3.45. The fourth-order valence-electron chi connectivity index (χ4n) is 2.39. The minimum Gasteiger partial charge on any atom is -0.478 e. The Balaban J connectivity index is 1.97. The number of nitrogens with one attached hydrogen (secondary N) is 2. The summed E-state index contributed by atoms with van der Waals surface area (Å²) in [7, 11) is -4.21. The summed E-state index contributed by atoms with van der Waals surface area (Å²) in [5.74, 6) is -2.51. The number of halogens is 3. The number of benzene rings is 2. The summed E-state index contributed by atoms with van der Waals surface area (Å²) >= 11 is 6.03. The molecule has 0 aliphatic carbocycles. The Hall–Kier alpha value is -2.39. The average molecular weight is 403 g/mol. The van der Waals surface area contributed by atoms with Crippen molar-refractivity contribution in [2.45, 2.75) is 24.3 Å². The number of ether oxygens (including phenoxy) is 1. The Labute approximate surface area is 153 Å². The van der Waals surface area contributed by atoms with Crippen molar-refractivity contribution in [1.82, 2.24) is 0 Å². The van der Waals surface area contributed by atoms with Crippen LogP contribution in [0.1, 0.15) is 13.3 Å². The highest BCUT2D eigenvalue weighted by Gasteiger charge is 2.29. The summed E-state index contributed by atoms with van der Waals surface area (Å²) in [5, 5.41) is 2.42. The van der Waals surface area contributed by atoms with Crippen LogP contribution < -0.4 is 14.8 Å². The Bertz CT molecular complexity index is 998. The van der Waals surface area contributed by atoms with Crippen LogP contribution in [0.3, 0.4) is 0 Å². The Morgan fingerprint density at radius 2 is 1.96 bits per heavy atom. The molecule has 10 heteroatoms. The van der Waals surface area contributed by atoms with Crippen molar-refractivity contribution in [3.05, 3.63) is 47.0 Å². The first-order chi connectivity index (χ1) is 12.2. The van der Waals surface area contributed by atoms with Gasteiger partial charge in [0.15, 0.2) is 17.7 Å². The zero-order valence-corrected chi connectivity index (χ0v) is 14.9. The topological polar surface area (TPSA) is 84.5 Å². The van der Waals surface area contributed by atoms with E-state index in [9.17, 15) is 22.0 Å². The van der Waals surface area contributed by atoms with Gasteiger partial charge in [0, 0.05) is 12.1 Å². The molecule has 2 aromatic carbocycles. The monoisotopic (exact) mass is 402 g/mol. The first-order valence-electron chi connectivity index (χ1n) is 7.50. The summed E-state index contributed by atoms with van der Waals surface area (Å²) in [5.41, 5.74) is 0.0785. The van der Waals surface area contributed by atoms with E-state index >= 15 is 0 Å². The normalized spacial score (nSPS) is 16.5. The number of hydrogen-bond donors (Lipinski definition) is 2. The molecule has 1 atom stereocenters. The maximum absolute atomic E-state index is 13.3. The quantitative estimate of drug-likeness (QED) is 0.819. The standard InChI is InChI=1S/C16H13ClF2N2O4S/c1-2-13-16(22)20-12-6-9(17)15(7-14(12)25-13)26(23,24)21-8-3-4-10(18)11(19)5-8/h3-7,13,21H,2H2,1H3,(H,20,22). The van der Waals surface area contributed by atoms with E-state index in [0.717, 1.165) is 12.1 Å². The molecule has 0 spiro atoms. The van der Waals surface area contributed by atoms with Crippen LogP contribution in [0.25, 0.3) is 0 Å². The van der Waals surface area contributed by atoms with Gasteiger partial charge >= 0.3 is 0 Å². The molecule has 1 amide bonds. The molecule has 138 valence electrons. The molecule has 2 N–H and O–H groups in total. The molecule has 26 heavy (non-hydrogen) atoms. The number of amides is 1. The van der Waals surface area contributed by atoms with Gasteiger partial charge in [-0.3, -0.25) is 9.52 Å². The highest BCUT2D eigenvalue weighted by Crippen LogP contribution is 2.37. The number of hydrogen-bond acceptors (Lipinski definition) is 4. The predicted molar refractivity (Wildman–Crippen MR) is 92.0 cm³/mol. The lowest BCUT2D eigenvalue weighted by Crippen LogP contribution is -2.36. The molecule has 0 aromatic heterocycles. The molecule has 1 aliphatic heterocycles. The molecule has 0 bridgehead atoms. The van der Waals surface area contributed by atoms with Crippen molar-refractivity contribution in [1.29, 1.82) is 0 Å². The van der Waals surface area contributed by atoms with Gasteiger partial charge in [0.05, 0.1) is 16.4 Å². The lowest BCUT2D eigenvalue weighted by Gasteiger charge is -2.25. The van der Waals surface area contributed by atoms with E-state index in [2.05, 4.69) is 10.0 Å². The number of rotatable bonds is 4. The number of anilines is 2. The van der Waals surface area contributed by atoms with Crippen molar-refractivity contribution in [2.75, 3.05) is 10.0 Å². The summed E-state index contributed by atoms with van der Waals surface area (Å²) in [4.78, 5) is 11.5. The summed E-state index contributed by atoms with van der Waals surface area (Å²) in [6, 6.07) is 5.00. The molecule has 0 saturated carbocycles. The van der Waals surface area contributed by atoms with Crippen molar-refractivity contribution in [2.24, 2.45) is 0 Å². The van der Waals surface area contributed by atoms with Crippen LogP contribution in [0.15, 0.2) is 35.2 Å². The van der Waals surface area contributed by atoms with Crippen LogP contribution in [0.5, 0.6) is 5.75 Å². The maximum Gasteiger partial charge on any atom is 0.265 e. The fraction of sp³-hybridized carbons (Fsp3) is 0.188. The lowest BCUT2D eigenvalue weighted by molar-refractivity contribution is -0.123. The number of carbonyl (C=O) groups excluding carboxylic acids is 1. The minimum absolute atomic E-state index is 0.145. The van der Waals surface area contributed by atoms with Gasteiger partial charge < -0.3 is 10.1 Å². The van der Waals surface area contributed by atoms with E-state index in [4.69, 9.17) is 16.3 Å². The second kappa shape index (κ2) is 6.73. The molecular formula is C16H13ClF2N2O4S. The van der Waals surface area contributed by atoms with Crippen LogP contribution in [0, 0.1) is 11.6 Å². The fourth-order valence-corrected chi connectivity index (χ4v) is 3.99. The van der Waals surface area contributed by atoms with Gasteiger partial charge in [0.2, 0.25) is 0 Å². The van der Waals surface area contributed by atoms with Crippen LogP contribution in [0.4, 0.5) is 20.2 Å². The van der Waals surface area contributed by atoms with Crippen LogP contribution in [-0.4, -0.2) is 20.4 Å². The largest absolute Gasteiger partial charge is 0.478 e. The van der Waals surface area contributed by atoms with Crippen molar-refractivity contribution < 1.29 is 26.7 Å². The van der Waals surface area contributed by atoms with Gasteiger partial charge in [-0.2, -0.15) is 0 Å². The van der Waals surface area contributed by atoms with Gasteiger partial charge in [-0.1, -0.05) is 18.5 Å². The van der Waals surface area contributed by atoms with Crippen molar-refractivity contribution >= 4 is 38.9 Å². The third-order valence-corrected chi connectivity index (χ3v) is 5.53. The molecule has 0 saturated heterocycles. The molecule has 1 unspecified atom stereocenters. The Morgan fingerprint density at radius 3 is 2.62 bits per heavy atom. The molecule has 0 fully saturated rings. The molecule has 6 nitrogen and oxygen atoms in total. The van der Waals surface area contributed by atoms with E-state index in [0.29, 0.717) is 12.5 Å².